The summed E-state index contributed by atoms with van der Waals surface area (Å²) in [5, 5.41) is 6.23. The Kier molecular flexibility index (Phi) is 8.66. The van der Waals surface area contributed by atoms with Crippen LogP contribution in [0.4, 0.5) is 0 Å². The maximum absolute atomic E-state index is 12.1. The lowest BCUT2D eigenvalue weighted by Gasteiger charge is -2.23. The molecule has 0 unspecified atom stereocenters. The van der Waals surface area contributed by atoms with E-state index in [1.807, 2.05) is 6.92 Å². The van der Waals surface area contributed by atoms with Gasteiger partial charge < -0.3 is 15.4 Å². The molecule has 1 fully saturated rings. The molecule has 1 saturated heterocycles. The molecule has 1 aromatic carbocycles. The van der Waals surface area contributed by atoms with Gasteiger partial charge in [0.1, 0.15) is 5.75 Å². The topological polar surface area (TPSA) is 67.4 Å². The number of ether oxygens (including phenoxy) is 1. The molecular weight excluding hydrogens is 316 g/mol. The normalized spacial score (nSPS) is 17.0. The van der Waals surface area contributed by atoms with E-state index in [1.54, 1.807) is 24.3 Å². The highest BCUT2D eigenvalue weighted by atomic mass is 35.5. The number of amides is 1. The van der Waals surface area contributed by atoms with E-state index in [2.05, 4.69) is 10.6 Å². The van der Waals surface area contributed by atoms with Crippen molar-refractivity contribution in [3.8, 4) is 5.75 Å². The lowest BCUT2D eigenvalue weighted by Crippen LogP contribution is -2.45. The highest BCUT2D eigenvalue weighted by molar-refractivity contribution is 5.98. The largest absolute Gasteiger partial charge is 0.494 e. The minimum Gasteiger partial charge on any atom is -0.494 e. The van der Waals surface area contributed by atoms with Gasteiger partial charge >= 0.3 is 0 Å². The van der Waals surface area contributed by atoms with Gasteiger partial charge in [0.15, 0.2) is 5.78 Å². The lowest BCUT2D eigenvalue weighted by atomic mass is 10.0. The Bertz CT molecular complexity index is 499. The standard InChI is InChI=1S/C17H24N2O3.ClH/c1-2-22-15-7-5-13(6-8-15)16(20)9-10-17(21)19-14-4-3-11-18-12-14;/h5-8,14,18H,2-4,9-12H2,1H3,(H,19,21);1H/t14-;/m0./s1. The van der Waals surface area contributed by atoms with Crippen molar-refractivity contribution in [2.75, 3.05) is 19.7 Å². The third-order valence-corrected chi connectivity index (χ3v) is 3.73. The van der Waals surface area contributed by atoms with Gasteiger partial charge in [-0.3, -0.25) is 9.59 Å². The molecule has 1 atom stereocenters. The molecular formula is C17H25ClN2O3. The number of ketones is 1. The molecule has 0 aromatic heterocycles. The summed E-state index contributed by atoms with van der Waals surface area (Å²) in [6.07, 6.45) is 2.56. The summed E-state index contributed by atoms with van der Waals surface area (Å²) >= 11 is 0. The van der Waals surface area contributed by atoms with Crippen LogP contribution in [-0.4, -0.2) is 37.4 Å². The van der Waals surface area contributed by atoms with Crippen molar-refractivity contribution in [3.05, 3.63) is 29.8 Å². The molecule has 1 aromatic rings. The molecule has 0 radical (unpaired) electrons. The Labute approximate surface area is 143 Å². The Morgan fingerprint density at radius 1 is 1.26 bits per heavy atom. The minimum atomic E-state index is -0.0482. The summed E-state index contributed by atoms with van der Waals surface area (Å²) in [6, 6.07) is 7.25. The fraction of sp³-hybridized carbons (Fsp3) is 0.529. The zero-order valence-electron chi connectivity index (χ0n) is 13.5. The van der Waals surface area contributed by atoms with E-state index in [1.165, 1.54) is 0 Å². The first kappa shape index (κ1) is 19.5. The Hall–Kier alpha value is -1.59. The first-order valence-electron chi connectivity index (χ1n) is 7.95. The number of Topliss-reactive ketones (excluding diaryl/α,β-unsaturated/α-hetero) is 1. The second-order valence-electron chi connectivity index (χ2n) is 5.49. The molecule has 1 heterocycles. The Morgan fingerprint density at radius 3 is 2.61 bits per heavy atom. The van der Waals surface area contributed by atoms with E-state index in [0.717, 1.165) is 31.7 Å². The number of carbonyl (C=O) groups is 2. The zero-order chi connectivity index (χ0) is 15.8. The van der Waals surface area contributed by atoms with Crippen molar-refractivity contribution >= 4 is 24.1 Å². The highest BCUT2D eigenvalue weighted by Gasteiger charge is 2.16. The van der Waals surface area contributed by atoms with Gasteiger partial charge in [-0.05, 0) is 50.6 Å². The van der Waals surface area contributed by atoms with Crippen LogP contribution in [0.2, 0.25) is 0 Å². The number of hydrogen-bond donors (Lipinski definition) is 2. The van der Waals surface area contributed by atoms with Crippen LogP contribution in [0, 0.1) is 0 Å². The Morgan fingerprint density at radius 2 is 2.00 bits per heavy atom. The van der Waals surface area contributed by atoms with Gasteiger partial charge in [0.2, 0.25) is 5.91 Å². The minimum absolute atomic E-state index is 0. The van der Waals surface area contributed by atoms with E-state index in [4.69, 9.17) is 4.74 Å². The van der Waals surface area contributed by atoms with Crippen molar-refractivity contribution in [2.24, 2.45) is 0 Å². The van der Waals surface area contributed by atoms with E-state index in [-0.39, 0.29) is 43.0 Å². The molecule has 23 heavy (non-hydrogen) atoms. The van der Waals surface area contributed by atoms with Crippen LogP contribution in [0.5, 0.6) is 5.75 Å². The first-order valence-corrected chi connectivity index (χ1v) is 7.95. The summed E-state index contributed by atoms with van der Waals surface area (Å²) in [4.78, 5) is 24.0. The second-order valence-corrected chi connectivity index (χ2v) is 5.49. The van der Waals surface area contributed by atoms with E-state index < -0.39 is 0 Å². The SMILES string of the molecule is CCOc1ccc(C(=O)CCC(=O)N[C@H]2CCCNC2)cc1.Cl. The number of piperidine rings is 1. The third kappa shape index (κ3) is 6.59. The lowest BCUT2D eigenvalue weighted by molar-refractivity contribution is -0.121. The second kappa shape index (κ2) is 10.2. The molecule has 1 aliphatic heterocycles. The number of rotatable bonds is 7. The summed E-state index contributed by atoms with van der Waals surface area (Å²) in [7, 11) is 0. The van der Waals surface area contributed by atoms with E-state index in [9.17, 15) is 9.59 Å². The molecule has 1 aliphatic rings. The van der Waals surface area contributed by atoms with Gasteiger partial charge in [-0.15, -0.1) is 12.4 Å². The van der Waals surface area contributed by atoms with Gasteiger partial charge in [-0.2, -0.15) is 0 Å². The maximum atomic E-state index is 12.1. The highest BCUT2D eigenvalue weighted by Crippen LogP contribution is 2.14. The predicted octanol–water partition coefficient (Wildman–Crippen LogP) is 2.34. The van der Waals surface area contributed by atoms with Crippen LogP contribution in [0.15, 0.2) is 24.3 Å². The predicted molar refractivity (Wildman–Crippen MR) is 92.5 cm³/mol. The van der Waals surface area contributed by atoms with Crippen molar-refractivity contribution in [1.82, 2.24) is 10.6 Å². The molecule has 1 amide bonds. The quantitative estimate of drug-likeness (QED) is 0.748. The summed E-state index contributed by atoms with van der Waals surface area (Å²) in [6.45, 7) is 4.35. The molecule has 0 bridgehead atoms. The van der Waals surface area contributed by atoms with E-state index in [0.29, 0.717) is 12.2 Å². The van der Waals surface area contributed by atoms with Gasteiger partial charge in [-0.1, -0.05) is 0 Å². The van der Waals surface area contributed by atoms with E-state index >= 15 is 0 Å². The van der Waals surface area contributed by atoms with Crippen LogP contribution in [0.25, 0.3) is 0 Å². The number of carbonyl (C=O) groups excluding carboxylic acids is 2. The van der Waals surface area contributed by atoms with Crippen LogP contribution in [0.3, 0.4) is 0 Å². The van der Waals surface area contributed by atoms with Crippen molar-refractivity contribution < 1.29 is 14.3 Å². The zero-order valence-corrected chi connectivity index (χ0v) is 14.3. The fourth-order valence-electron chi connectivity index (χ4n) is 2.55. The number of hydrogen-bond acceptors (Lipinski definition) is 4. The maximum Gasteiger partial charge on any atom is 0.220 e. The molecule has 128 valence electrons. The summed E-state index contributed by atoms with van der Waals surface area (Å²) in [5.41, 5.74) is 0.621. The molecule has 2 N–H and O–H groups in total. The average molecular weight is 341 g/mol. The van der Waals surface area contributed by atoms with Crippen molar-refractivity contribution in [3.63, 3.8) is 0 Å². The molecule has 6 heteroatoms. The molecule has 5 nitrogen and oxygen atoms in total. The van der Waals surface area contributed by atoms with Crippen molar-refractivity contribution in [1.29, 1.82) is 0 Å². The number of benzene rings is 1. The molecule has 0 aliphatic carbocycles. The number of nitrogens with one attached hydrogen (secondary N) is 2. The average Bonchev–Trinajstić information content (AvgIpc) is 2.54. The first-order chi connectivity index (χ1) is 10.7. The van der Waals surface area contributed by atoms with Crippen LogP contribution < -0.4 is 15.4 Å². The number of halogens is 1. The van der Waals surface area contributed by atoms with Gasteiger partial charge in [0, 0.05) is 31.0 Å². The monoisotopic (exact) mass is 340 g/mol. The summed E-state index contributed by atoms with van der Waals surface area (Å²) < 4.78 is 5.34. The van der Waals surface area contributed by atoms with Gasteiger partial charge in [-0.25, -0.2) is 0 Å². The fourth-order valence-corrected chi connectivity index (χ4v) is 2.55. The van der Waals surface area contributed by atoms with Crippen molar-refractivity contribution in [2.45, 2.75) is 38.6 Å². The van der Waals surface area contributed by atoms with Crippen LogP contribution >= 0.6 is 12.4 Å². The third-order valence-electron chi connectivity index (χ3n) is 3.73. The molecule has 0 spiro atoms. The summed E-state index contributed by atoms with van der Waals surface area (Å²) in [5.74, 6) is 0.689. The van der Waals surface area contributed by atoms with Crippen LogP contribution in [-0.2, 0) is 4.79 Å². The van der Waals surface area contributed by atoms with Crippen LogP contribution in [0.1, 0.15) is 43.0 Å². The molecule has 0 saturated carbocycles. The van der Waals surface area contributed by atoms with Gasteiger partial charge in [0.25, 0.3) is 0 Å². The smallest absolute Gasteiger partial charge is 0.220 e. The van der Waals surface area contributed by atoms with Gasteiger partial charge in [0.05, 0.1) is 6.61 Å². The molecule has 2 rings (SSSR count). The Balaban J connectivity index is 0.00000264.